The van der Waals surface area contributed by atoms with Crippen molar-refractivity contribution in [3.8, 4) is 5.75 Å². The predicted octanol–water partition coefficient (Wildman–Crippen LogP) is 2.49. The van der Waals surface area contributed by atoms with Crippen molar-refractivity contribution in [2.24, 2.45) is 0 Å². The van der Waals surface area contributed by atoms with Crippen molar-refractivity contribution in [1.29, 1.82) is 0 Å². The summed E-state index contributed by atoms with van der Waals surface area (Å²) in [6, 6.07) is 6.06. The highest BCUT2D eigenvalue weighted by Gasteiger charge is 2.04. The minimum Gasteiger partial charge on any atom is -0.494 e. The smallest absolute Gasteiger partial charge is 0.120 e. The zero-order chi connectivity index (χ0) is 11.4. The van der Waals surface area contributed by atoms with Crippen LogP contribution in [0.5, 0.6) is 5.75 Å². The Morgan fingerprint density at radius 1 is 1.38 bits per heavy atom. The summed E-state index contributed by atoms with van der Waals surface area (Å²) < 4.78 is 5.48. The standard InChI is InChI=1S/C13H17NO2/c1-2-16-11-5-6-13-12(8-11)10(9-14-13)4-3-7-15/h5-6,8-9,14-15H,2-4,7H2,1H3. The molecule has 16 heavy (non-hydrogen) atoms. The molecule has 0 saturated carbocycles. The second-order valence-corrected chi connectivity index (χ2v) is 3.78. The van der Waals surface area contributed by atoms with E-state index in [2.05, 4.69) is 11.1 Å². The molecule has 0 aliphatic heterocycles. The highest BCUT2D eigenvalue weighted by molar-refractivity contribution is 5.84. The van der Waals surface area contributed by atoms with Gasteiger partial charge in [0.25, 0.3) is 0 Å². The number of aryl methyl sites for hydroxylation is 1. The highest BCUT2D eigenvalue weighted by atomic mass is 16.5. The largest absolute Gasteiger partial charge is 0.494 e. The number of aromatic amines is 1. The van der Waals surface area contributed by atoms with E-state index >= 15 is 0 Å². The van der Waals surface area contributed by atoms with Gasteiger partial charge < -0.3 is 14.8 Å². The summed E-state index contributed by atoms with van der Waals surface area (Å²) >= 11 is 0. The molecular weight excluding hydrogens is 202 g/mol. The molecule has 0 amide bonds. The van der Waals surface area contributed by atoms with Crippen molar-refractivity contribution in [2.45, 2.75) is 19.8 Å². The van der Waals surface area contributed by atoms with E-state index in [1.165, 1.54) is 10.9 Å². The second-order valence-electron chi connectivity index (χ2n) is 3.78. The summed E-state index contributed by atoms with van der Waals surface area (Å²) in [7, 11) is 0. The maximum Gasteiger partial charge on any atom is 0.120 e. The Balaban J connectivity index is 2.31. The van der Waals surface area contributed by atoms with Gasteiger partial charge in [0.1, 0.15) is 5.75 Å². The highest BCUT2D eigenvalue weighted by Crippen LogP contribution is 2.24. The fourth-order valence-electron chi connectivity index (χ4n) is 1.89. The second kappa shape index (κ2) is 5.03. The zero-order valence-electron chi connectivity index (χ0n) is 9.49. The number of hydrogen-bond acceptors (Lipinski definition) is 2. The van der Waals surface area contributed by atoms with Gasteiger partial charge >= 0.3 is 0 Å². The number of hydrogen-bond donors (Lipinski definition) is 2. The van der Waals surface area contributed by atoms with Gasteiger partial charge in [0.05, 0.1) is 6.61 Å². The Bertz CT molecular complexity index is 462. The fourth-order valence-corrected chi connectivity index (χ4v) is 1.89. The minimum absolute atomic E-state index is 0.234. The van der Waals surface area contributed by atoms with Crippen LogP contribution in [0.25, 0.3) is 10.9 Å². The molecule has 0 bridgehead atoms. The molecule has 0 aliphatic carbocycles. The van der Waals surface area contributed by atoms with Crippen LogP contribution in [0.3, 0.4) is 0 Å². The van der Waals surface area contributed by atoms with E-state index in [0.717, 1.165) is 24.1 Å². The number of H-pyrrole nitrogens is 1. The normalized spacial score (nSPS) is 10.9. The Morgan fingerprint density at radius 2 is 2.25 bits per heavy atom. The summed E-state index contributed by atoms with van der Waals surface area (Å²) in [6.45, 7) is 2.90. The first-order chi connectivity index (χ1) is 7.85. The van der Waals surface area contributed by atoms with Crippen LogP contribution in [-0.4, -0.2) is 23.3 Å². The molecule has 1 aromatic heterocycles. The molecule has 0 atom stereocenters. The number of fused-ring (bicyclic) bond motifs is 1. The minimum atomic E-state index is 0.234. The SMILES string of the molecule is CCOc1ccc2[nH]cc(CCCO)c2c1. The van der Waals surface area contributed by atoms with Crippen molar-refractivity contribution in [2.75, 3.05) is 13.2 Å². The van der Waals surface area contributed by atoms with E-state index in [1.54, 1.807) is 0 Å². The van der Waals surface area contributed by atoms with Crippen LogP contribution in [0.15, 0.2) is 24.4 Å². The third-order valence-corrected chi connectivity index (χ3v) is 2.65. The third-order valence-electron chi connectivity index (χ3n) is 2.65. The van der Waals surface area contributed by atoms with Gasteiger partial charge in [0.15, 0.2) is 0 Å². The fraction of sp³-hybridized carbons (Fsp3) is 0.385. The maximum atomic E-state index is 8.84. The summed E-state index contributed by atoms with van der Waals surface area (Å²) in [5.74, 6) is 0.903. The first kappa shape index (κ1) is 11.0. The summed E-state index contributed by atoms with van der Waals surface area (Å²) in [6.07, 6.45) is 3.70. The molecule has 1 heterocycles. The molecule has 2 aromatic rings. The molecule has 0 fully saturated rings. The molecule has 2 N–H and O–H groups in total. The van der Waals surface area contributed by atoms with Crippen LogP contribution in [0.4, 0.5) is 0 Å². The van der Waals surface area contributed by atoms with Crippen molar-refractivity contribution in [1.82, 2.24) is 4.98 Å². The molecule has 0 aliphatic rings. The van der Waals surface area contributed by atoms with E-state index in [0.29, 0.717) is 6.61 Å². The number of aromatic nitrogens is 1. The van der Waals surface area contributed by atoms with E-state index in [1.807, 2.05) is 25.3 Å². The zero-order valence-corrected chi connectivity index (χ0v) is 9.49. The van der Waals surface area contributed by atoms with Crippen molar-refractivity contribution >= 4 is 10.9 Å². The average Bonchev–Trinajstić information content (AvgIpc) is 2.69. The van der Waals surface area contributed by atoms with Crippen LogP contribution in [-0.2, 0) is 6.42 Å². The van der Waals surface area contributed by atoms with Crippen molar-refractivity contribution in [3.63, 3.8) is 0 Å². The van der Waals surface area contributed by atoms with Crippen LogP contribution < -0.4 is 4.74 Å². The van der Waals surface area contributed by atoms with Crippen molar-refractivity contribution in [3.05, 3.63) is 30.0 Å². The van der Waals surface area contributed by atoms with Crippen LogP contribution in [0.1, 0.15) is 18.9 Å². The van der Waals surface area contributed by atoms with E-state index < -0.39 is 0 Å². The molecule has 3 nitrogen and oxygen atoms in total. The Morgan fingerprint density at radius 3 is 3.00 bits per heavy atom. The van der Waals surface area contributed by atoms with Gasteiger partial charge in [-0.1, -0.05) is 0 Å². The molecule has 0 spiro atoms. The molecule has 1 aromatic carbocycles. The lowest BCUT2D eigenvalue weighted by molar-refractivity contribution is 0.289. The van der Waals surface area contributed by atoms with Crippen LogP contribution in [0, 0.1) is 0 Å². The lowest BCUT2D eigenvalue weighted by atomic mass is 10.1. The third kappa shape index (κ3) is 2.19. The number of benzene rings is 1. The first-order valence-corrected chi connectivity index (χ1v) is 5.69. The Labute approximate surface area is 95.1 Å². The van der Waals surface area contributed by atoms with Gasteiger partial charge in [-0.3, -0.25) is 0 Å². The Kier molecular flexibility index (Phi) is 3.47. The molecule has 3 heteroatoms. The summed E-state index contributed by atoms with van der Waals surface area (Å²) in [5, 5.41) is 10.0. The molecule has 0 unspecified atom stereocenters. The average molecular weight is 219 g/mol. The van der Waals surface area contributed by atoms with Gasteiger partial charge in [-0.2, -0.15) is 0 Å². The number of aliphatic hydroxyl groups excluding tert-OH is 1. The predicted molar refractivity (Wildman–Crippen MR) is 64.9 cm³/mol. The van der Waals surface area contributed by atoms with Crippen molar-refractivity contribution < 1.29 is 9.84 Å². The maximum absolute atomic E-state index is 8.84. The number of rotatable bonds is 5. The van der Waals surface area contributed by atoms with Gasteiger partial charge in [0, 0.05) is 23.7 Å². The molecular formula is C13H17NO2. The van der Waals surface area contributed by atoms with E-state index in [-0.39, 0.29) is 6.61 Å². The molecule has 86 valence electrons. The monoisotopic (exact) mass is 219 g/mol. The molecule has 0 saturated heterocycles. The number of ether oxygens (including phenoxy) is 1. The number of aliphatic hydroxyl groups is 1. The van der Waals surface area contributed by atoms with Gasteiger partial charge in [-0.25, -0.2) is 0 Å². The molecule has 0 radical (unpaired) electrons. The van der Waals surface area contributed by atoms with Gasteiger partial charge in [0.2, 0.25) is 0 Å². The lowest BCUT2D eigenvalue weighted by Gasteiger charge is -2.03. The van der Waals surface area contributed by atoms with Gasteiger partial charge in [-0.15, -0.1) is 0 Å². The topological polar surface area (TPSA) is 45.2 Å². The quantitative estimate of drug-likeness (QED) is 0.811. The van der Waals surface area contributed by atoms with E-state index in [4.69, 9.17) is 9.84 Å². The summed E-state index contributed by atoms with van der Waals surface area (Å²) in [5.41, 5.74) is 2.36. The lowest BCUT2D eigenvalue weighted by Crippen LogP contribution is -1.91. The Hall–Kier alpha value is -1.48. The van der Waals surface area contributed by atoms with E-state index in [9.17, 15) is 0 Å². The van der Waals surface area contributed by atoms with Crippen LogP contribution in [0.2, 0.25) is 0 Å². The molecule has 2 rings (SSSR count). The number of nitrogens with one attached hydrogen (secondary N) is 1. The summed E-state index contributed by atoms with van der Waals surface area (Å²) in [4.78, 5) is 3.23. The van der Waals surface area contributed by atoms with Crippen LogP contribution >= 0.6 is 0 Å². The first-order valence-electron chi connectivity index (χ1n) is 5.69. The van der Waals surface area contributed by atoms with Gasteiger partial charge in [-0.05, 0) is 43.5 Å².